The summed E-state index contributed by atoms with van der Waals surface area (Å²) in [5.41, 5.74) is -0.338. The van der Waals surface area contributed by atoms with Gasteiger partial charge < -0.3 is 9.47 Å². The smallest absolute Gasteiger partial charge is 0.387 e. The van der Waals surface area contributed by atoms with E-state index in [1.54, 1.807) is 0 Å². The number of nitrogens with zero attached hydrogens (tertiary/aromatic N) is 1. The monoisotopic (exact) mass is 339 g/mol. The van der Waals surface area contributed by atoms with Crippen molar-refractivity contribution in [3.05, 3.63) is 32.3 Å². The van der Waals surface area contributed by atoms with Gasteiger partial charge in [-0.15, -0.1) is 0 Å². The normalized spacial score (nSPS) is 10.4. The molecule has 6 nitrogen and oxygen atoms in total. The van der Waals surface area contributed by atoms with Gasteiger partial charge in [-0.25, -0.2) is 0 Å². The van der Waals surface area contributed by atoms with Gasteiger partial charge in [0.15, 0.2) is 0 Å². The number of hydrogen-bond acceptors (Lipinski definition) is 5. The van der Waals surface area contributed by atoms with Crippen LogP contribution >= 0.6 is 15.9 Å². The number of benzene rings is 1. The minimum Gasteiger partial charge on any atom is -0.469 e. The number of nitro groups is 1. The van der Waals surface area contributed by atoms with Crippen LogP contribution in [0, 0.1) is 10.1 Å². The lowest BCUT2D eigenvalue weighted by Crippen LogP contribution is -2.08. The molecule has 0 aromatic heterocycles. The van der Waals surface area contributed by atoms with Crippen molar-refractivity contribution in [2.45, 2.75) is 13.0 Å². The van der Waals surface area contributed by atoms with Gasteiger partial charge in [-0.05, 0) is 27.6 Å². The molecule has 19 heavy (non-hydrogen) atoms. The molecule has 1 rings (SSSR count). The summed E-state index contributed by atoms with van der Waals surface area (Å²) in [6.45, 7) is -3.13. The second-order valence-electron chi connectivity index (χ2n) is 3.32. The first-order valence-electron chi connectivity index (χ1n) is 4.83. The fourth-order valence-corrected chi connectivity index (χ4v) is 1.76. The highest BCUT2D eigenvalue weighted by atomic mass is 79.9. The molecule has 0 fully saturated rings. The molecule has 104 valence electrons. The lowest BCUT2D eigenvalue weighted by atomic mass is 10.1. The van der Waals surface area contributed by atoms with E-state index in [9.17, 15) is 23.7 Å². The molecule has 0 heterocycles. The van der Waals surface area contributed by atoms with Crippen molar-refractivity contribution >= 4 is 27.6 Å². The number of halogens is 3. The minimum atomic E-state index is -3.13. The van der Waals surface area contributed by atoms with E-state index >= 15 is 0 Å². The molecule has 0 saturated carbocycles. The van der Waals surface area contributed by atoms with Crippen LogP contribution in [0.4, 0.5) is 14.5 Å². The van der Waals surface area contributed by atoms with E-state index in [4.69, 9.17) is 0 Å². The number of carbonyl (C=O) groups is 1. The molecule has 0 radical (unpaired) electrons. The maximum Gasteiger partial charge on any atom is 0.387 e. The molecule has 1 aromatic carbocycles. The zero-order valence-corrected chi connectivity index (χ0v) is 11.1. The zero-order chi connectivity index (χ0) is 14.6. The van der Waals surface area contributed by atoms with Gasteiger partial charge in [0.1, 0.15) is 10.2 Å². The molecule has 9 heteroatoms. The standard InChI is InChI=1S/C10H8BrF2NO5/c1-18-8(15)4-5-2-6(14(16)17)9(11)7(3-5)19-10(12)13/h2-3,10H,4H2,1H3. The Kier molecular flexibility index (Phi) is 5.16. The van der Waals surface area contributed by atoms with Gasteiger partial charge in [0.25, 0.3) is 5.69 Å². The van der Waals surface area contributed by atoms with Crippen LogP contribution in [-0.4, -0.2) is 24.6 Å². The first kappa shape index (κ1) is 15.3. The quantitative estimate of drug-likeness (QED) is 0.468. The average molecular weight is 340 g/mol. The summed E-state index contributed by atoms with van der Waals surface area (Å²) < 4.78 is 32.7. The summed E-state index contributed by atoms with van der Waals surface area (Å²) in [5, 5.41) is 10.8. The molecule has 1 aromatic rings. The second-order valence-corrected chi connectivity index (χ2v) is 4.11. The maximum absolute atomic E-state index is 12.2. The van der Waals surface area contributed by atoms with Crippen molar-refractivity contribution in [2.24, 2.45) is 0 Å². The molecular formula is C10H8BrF2NO5. The Hall–Kier alpha value is -1.77. The number of esters is 1. The van der Waals surface area contributed by atoms with Gasteiger partial charge in [-0.2, -0.15) is 8.78 Å². The summed E-state index contributed by atoms with van der Waals surface area (Å²) >= 11 is 2.81. The van der Waals surface area contributed by atoms with Crippen molar-refractivity contribution in [1.82, 2.24) is 0 Å². The summed E-state index contributed by atoms with van der Waals surface area (Å²) in [5.74, 6) is -1.07. The number of hydrogen-bond donors (Lipinski definition) is 0. The van der Waals surface area contributed by atoms with E-state index in [0.717, 1.165) is 19.2 Å². The number of nitro benzene ring substituents is 1. The predicted molar refractivity (Wildman–Crippen MR) is 63.1 cm³/mol. The Labute approximate surface area is 114 Å². The summed E-state index contributed by atoms with van der Waals surface area (Å²) in [6.07, 6.45) is -0.287. The number of methoxy groups -OCH3 is 1. The first-order chi connectivity index (χ1) is 8.85. The van der Waals surface area contributed by atoms with E-state index in [1.807, 2.05) is 0 Å². The highest BCUT2D eigenvalue weighted by Gasteiger charge is 2.21. The van der Waals surface area contributed by atoms with Gasteiger partial charge in [-0.3, -0.25) is 14.9 Å². The van der Waals surface area contributed by atoms with E-state index in [0.29, 0.717) is 0 Å². The maximum atomic E-state index is 12.2. The molecule has 0 N–H and O–H groups in total. The number of ether oxygens (including phenoxy) is 2. The molecular weight excluding hydrogens is 332 g/mol. The number of alkyl halides is 2. The Morgan fingerprint density at radius 3 is 2.63 bits per heavy atom. The summed E-state index contributed by atoms with van der Waals surface area (Å²) in [6, 6.07) is 2.19. The number of carbonyl (C=O) groups excluding carboxylic acids is 1. The van der Waals surface area contributed by atoms with Crippen LogP contribution in [0.5, 0.6) is 5.75 Å². The highest BCUT2D eigenvalue weighted by Crippen LogP contribution is 2.36. The van der Waals surface area contributed by atoms with Crippen molar-refractivity contribution in [1.29, 1.82) is 0 Å². The lowest BCUT2D eigenvalue weighted by molar-refractivity contribution is -0.385. The highest BCUT2D eigenvalue weighted by molar-refractivity contribution is 9.10. The van der Waals surface area contributed by atoms with E-state index in [1.165, 1.54) is 0 Å². The average Bonchev–Trinajstić information content (AvgIpc) is 2.31. The summed E-state index contributed by atoms with van der Waals surface area (Å²) in [4.78, 5) is 21.1. The van der Waals surface area contributed by atoms with Gasteiger partial charge in [-0.1, -0.05) is 0 Å². The van der Waals surface area contributed by atoms with Gasteiger partial charge >= 0.3 is 12.6 Å². The van der Waals surface area contributed by atoms with Crippen LogP contribution in [-0.2, 0) is 16.0 Å². The first-order valence-corrected chi connectivity index (χ1v) is 5.63. The Balaban J connectivity index is 3.22. The molecule has 0 bridgehead atoms. The largest absolute Gasteiger partial charge is 0.469 e. The topological polar surface area (TPSA) is 78.7 Å². The molecule has 0 spiro atoms. The van der Waals surface area contributed by atoms with E-state index in [2.05, 4.69) is 25.4 Å². The Bertz CT molecular complexity index is 509. The van der Waals surface area contributed by atoms with Crippen LogP contribution < -0.4 is 4.74 Å². The molecule has 0 aliphatic rings. The second kappa shape index (κ2) is 6.41. The molecule has 0 unspecified atom stereocenters. The third kappa shape index (κ3) is 4.12. The third-order valence-corrected chi connectivity index (χ3v) is 2.87. The van der Waals surface area contributed by atoms with Crippen LogP contribution in [0.2, 0.25) is 0 Å². The van der Waals surface area contributed by atoms with Crippen molar-refractivity contribution < 1.29 is 28.0 Å². The Morgan fingerprint density at radius 2 is 2.16 bits per heavy atom. The lowest BCUT2D eigenvalue weighted by Gasteiger charge is -2.09. The summed E-state index contributed by atoms with van der Waals surface area (Å²) in [7, 11) is 1.15. The third-order valence-electron chi connectivity index (χ3n) is 2.07. The van der Waals surface area contributed by atoms with Crippen molar-refractivity contribution in [3.63, 3.8) is 0 Å². The van der Waals surface area contributed by atoms with Crippen LogP contribution in [0.25, 0.3) is 0 Å². The predicted octanol–water partition coefficient (Wildman–Crippen LogP) is 2.67. The van der Waals surface area contributed by atoms with E-state index < -0.39 is 28.9 Å². The number of rotatable bonds is 5. The zero-order valence-electron chi connectivity index (χ0n) is 9.56. The van der Waals surface area contributed by atoms with Crippen molar-refractivity contribution in [2.75, 3.05) is 7.11 Å². The minimum absolute atomic E-state index is 0.136. The SMILES string of the molecule is COC(=O)Cc1cc(OC(F)F)c(Br)c([N+](=O)[O-])c1. The van der Waals surface area contributed by atoms with Crippen LogP contribution in [0.3, 0.4) is 0 Å². The van der Waals surface area contributed by atoms with Crippen LogP contribution in [0.1, 0.15) is 5.56 Å². The molecule has 0 atom stereocenters. The molecule has 0 aliphatic carbocycles. The fraction of sp³-hybridized carbons (Fsp3) is 0.300. The fourth-order valence-electron chi connectivity index (χ4n) is 1.29. The van der Waals surface area contributed by atoms with E-state index in [-0.39, 0.29) is 16.5 Å². The Morgan fingerprint density at radius 1 is 1.53 bits per heavy atom. The van der Waals surface area contributed by atoms with Gasteiger partial charge in [0.05, 0.1) is 18.5 Å². The van der Waals surface area contributed by atoms with Crippen molar-refractivity contribution in [3.8, 4) is 5.75 Å². The van der Waals surface area contributed by atoms with Crippen LogP contribution in [0.15, 0.2) is 16.6 Å². The molecule has 0 amide bonds. The van der Waals surface area contributed by atoms with Gasteiger partial charge in [0.2, 0.25) is 0 Å². The molecule has 0 saturated heterocycles. The van der Waals surface area contributed by atoms with Gasteiger partial charge in [0, 0.05) is 6.07 Å². The molecule has 0 aliphatic heterocycles.